The minimum Gasteiger partial charge on any atom is -0.478 e. The molecule has 0 bridgehead atoms. The average molecular weight is 289 g/mol. The molecule has 2 atom stereocenters. The lowest BCUT2D eigenvalue weighted by molar-refractivity contribution is 0.0694. The molecule has 0 spiro atoms. The maximum Gasteiger partial charge on any atom is 0.336 e. The number of rotatable bonds is 6. The zero-order valence-corrected chi connectivity index (χ0v) is 12.4. The van der Waals surface area contributed by atoms with Gasteiger partial charge < -0.3 is 10.0 Å². The predicted octanol–water partition coefficient (Wildman–Crippen LogP) is 1.46. The predicted molar refractivity (Wildman–Crippen MR) is 80.9 cm³/mol. The van der Waals surface area contributed by atoms with E-state index in [-0.39, 0.29) is 0 Å². The molecule has 1 saturated heterocycles. The molecule has 3 N–H and O–H groups in total. The van der Waals surface area contributed by atoms with Gasteiger partial charge in [0.1, 0.15) is 0 Å². The van der Waals surface area contributed by atoms with Gasteiger partial charge in [-0.2, -0.15) is 0 Å². The molecule has 1 heterocycles. The number of carbonyl (C=O) groups is 1. The first-order valence-electron chi connectivity index (χ1n) is 7.64. The highest BCUT2D eigenvalue weighted by Crippen LogP contribution is 2.35. The number of hydrogen-bond donors (Lipinski definition) is 3. The van der Waals surface area contributed by atoms with E-state index >= 15 is 0 Å². The zero-order valence-electron chi connectivity index (χ0n) is 12.4. The maximum atomic E-state index is 11.2. The number of nitrogens with zero attached hydrogens (tertiary/aromatic N) is 1. The van der Waals surface area contributed by atoms with E-state index < -0.39 is 5.97 Å². The lowest BCUT2D eigenvalue weighted by Gasteiger charge is -2.21. The first-order valence-corrected chi connectivity index (χ1v) is 7.64. The lowest BCUT2D eigenvalue weighted by Crippen LogP contribution is -2.39. The van der Waals surface area contributed by atoms with Crippen LogP contribution in [0.3, 0.4) is 0 Å². The van der Waals surface area contributed by atoms with Crippen LogP contribution >= 0.6 is 0 Å². The number of hydrogen-bond acceptors (Lipinski definition) is 4. The van der Waals surface area contributed by atoms with Crippen LogP contribution in [-0.4, -0.2) is 41.7 Å². The van der Waals surface area contributed by atoms with E-state index in [1.54, 1.807) is 12.1 Å². The van der Waals surface area contributed by atoms with Gasteiger partial charge in [0.15, 0.2) is 0 Å². The molecule has 2 aliphatic rings. The quantitative estimate of drug-likeness (QED) is 0.740. The standard InChI is InChI=1S/C16H23N3O2/c1-19(9-12-4-2-3-5-14(12)16(20)21)10-13-8-15(18-17-13)11-6-7-11/h2-5,11,13,15,17-18H,6-10H2,1H3,(H,20,21). The summed E-state index contributed by atoms with van der Waals surface area (Å²) in [6.07, 6.45) is 3.87. The molecule has 1 aromatic rings. The number of aromatic carboxylic acids is 1. The van der Waals surface area contributed by atoms with E-state index in [4.69, 9.17) is 0 Å². The van der Waals surface area contributed by atoms with Crippen molar-refractivity contribution in [1.82, 2.24) is 15.8 Å². The maximum absolute atomic E-state index is 11.2. The van der Waals surface area contributed by atoms with Gasteiger partial charge in [-0.1, -0.05) is 18.2 Å². The van der Waals surface area contributed by atoms with E-state index in [1.165, 1.54) is 12.8 Å². The van der Waals surface area contributed by atoms with Crippen LogP contribution in [0.4, 0.5) is 0 Å². The Balaban J connectivity index is 1.54. The molecule has 0 radical (unpaired) electrons. The molecule has 3 rings (SSSR count). The van der Waals surface area contributed by atoms with E-state index in [0.29, 0.717) is 24.2 Å². The number of nitrogens with one attached hydrogen (secondary N) is 2. The van der Waals surface area contributed by atoms with Gasteiger partial charge in [-0.05, 0) is 43.9 Å². The molecule has 2 unspecified atom stereocenters. The van der Waals surface area contributed by atoms with Gasteiger partial charge in [0.05, 0.1) is 5.56 Å². The molecule has 114 valence electrons. The van der Waals surface area contributed by atoms with Gasteiger partial charge in [0.25, 0.3) is 0 Å². The first-order chi connectivity index (χ1) is 10.1. The van der Waals surface area contributed by atoms with Crippen LogP contribution in [0, 0.1) is 5.92 Å². The van der Waals surface area contributed by atoms with Crippen molar-refractivity contribution in [3.63, 3.8) is 0 Å². The van der Waals surface area contributed by atoms with Crippen LogP contribution in [0.15, 0.2) is 24.3 Å². The SMILES string of the molecule is CN(Cc1ccccc1C(=O)O)CC1CC(C2CC2)NN1. The normalized spacial score (nSPS) is 25.4. The number of hydrazine groups is 1. The third-order valence-corrected chi connectivity index (χ3v) is 4.42. The van der Waals surface area contributed by atoms with Crippen molar-refractivity contribution in [1.29, 1.82) is 0 Å². The highest BCUT2D eigenvalue weighted by molar-refractivity contribution is 5.89. The largest absolute Gasteiger partial charge is 0.478 e. The molecule has 1 aliphatic carbocycles. The highest BCUT2D eigenvalue weighted by Gasteiger charge is 2.36. The molecule has 21 heavy (non-hydrogen) atoms. The second kappa shape index (κ2) is 6.13. The monoisotopic (exact) mass is 289 g/mol. The van der Waals surface area contributed by atoms with Gasteiger partial charge in [0, 0.05) is 25.2 Å². The number of benzene rings is 1. The molecule has 0 aromatic heterocycles. The molecule has 1 aliphatic heterocycles. The Morgan fingerprint density at radius 2 is 2.10 bits per heavy atom. The van der Waals surface area contributed by atoms with Crippen molar-refractivity contribution in [3.8, 4) is 0 Å². The van der Waals surface area contributed by atoms with Crippen molar-refractivity contribution in [2.75, 3.05) is 13.6 Å². The Labute approximate surface area is 125 Å². The molecule has 1 saturated carbocycles. The molecule has 1 aromatic carbocycles. The van der Waals surface area contributed by atoms with Crippen molar-refractivity contribution >= 4 is 5.97 Å². The van der Waals surface area contributed by atoms with Crippen molar-refractivity contribution in [2.45, 2.75) is 37.9 Å². The molecule has 5 nitrogen and oxygen atoms in total. The molecule has 5 heteroatoms. The Morgan fingerprint density at radius 3 is 2.81 bits per heavy atom. The van der Waals surface area contributed by atoms with E-state index in [9.17, 15) is 9.90 Å². The minimum atomic E-state index is -0.853. The van der Waals surface area contributed by atoms with E-state index in [1.807, 2.05) is 19.2 Å². The van der Waals surface area contributed by atoms with Gasteiger partial charge in [-0.15, -0.1) is 0 Å². The van der Waals surface area contributed by atoms with Crippen LogP contribution in [0.25, 0.3) is 0 Å². The summed E-state index contributed by atoms with van der Waals surface area (Å²) in [7, 11) is 2.05. The molecular weight excluding hydrogens is 266 g/mol. The average Bonchev–Trinajstić information content (AvgIpc) is 3.20. The number of carboxylic acids is 1. The van der Waals surface area contributed by atoms with Gasteiger partial charge in [0.2, 0.25) is 0 Å². The Kier molecular flexibility index (Phi) is 4.24. The molecule has 2 fully saturated rings. The van der Waals surface area contributed by atoms with Crippen LogP contribution in [-0.2, 0) is 6.54 Å². The smallest absolute Gasteiger partial charge is 0.336 e. The fourth-order valence-electron chi connectivity index (χ4n) is 3.18. The summed E-state index contributed by atoms with van der Waals surface area (Å²) in [4.78, 5) is 13.4. The van der Waals surface area contributed by atoms with Crippen LogP contribution in [0.2, 0.25) is 0 Å². The third kappa shape index (κ3) is 3.61. The topological polar surface area (TPSA) is 64.6 Å². The summed E-state index contributed by atoms with van der Waals surface area (Å²) in [5, 5.41) is 9.22. The summed E-state index contributed by atoms with van der Waals surface area (Å²) in [6.45, 7) is 1.58. The molecular formula is C16H23N3O2. The van der Waals surface area contributed by atoms with Gasteiger partial charge >= 0.3 is 5.97 Å². The summed E-state index contributed by atoms with van der Waals surface area (Å²) in [6, 6.07) is 8.30. The third-order valence-electron chi connectivity index (χ3n) is 4.42. The first kappa shape index (κ1) is 14.5. The summed E-state index contributed by atoms with van der Waals surface area (Å²) < 4.78 is 0. The van der Waals surface area contributed by atoms with Crippen molar-refractivity contribution < 1.29 is 9.90 Å². The van der Waals surface area contributed by atoms with E-state index in [2.05, 4.69) is 15.8 Å². The van der Waals surface area contributed by atoms with Gasteiger partial charge in [-0.3, -0.25) is 10.9 Å². The second-order valence-electron chi connectivity index (χ2n) is 6.32. The Morgan fingerprint density at radius 1 is 1.33 bits per heavy atom. The van der Waals surface area contributed by atoms with Crippen molar-refractivity contribution in [2.24, 2.45) is 5.92 Å². The molecule has 0 amide bonds. The summed E-state index contributed by atoms with van der Waals surface area (Å²) >= 11 is 0. The number of likely N-dealkylation sites (N-methyl/N-ethyl adjacent to an activating group) is 1. The number of carboxylic acid groups (broad SMARTS) is 1. The van der Waals surface area contributed by atoms with Gasteiger partial charge in [-0.25, -0.2) is 4.79 Å². The van der Waals surface area contributed by atoms with Crippen molar-refractivity contribution in [3.05, 3.63) is 35.4 Å². The fourth-order valence-corrected chi connectivity index (χ4v) is 3.18. The minimum absolute atomic E-state index is 0.401. The summed E-state index contributed by atoms with van der Waals surface area (Å²) in [5.41, 5.74) is 8.04. The Bertz CT molecular complexity index is 516. The van der Waals surface area contributed by atoms with Crippen LogP contribution in [0.1, 0.15) is 35.2 Å². The summed E-state index contributed by atoms with van der Waals surface area (Å²) in [5.74, 6) is 0.00833. The van der Waals surface area contributed by atoms with Crippen LogP contribution < -0.4 is 10.9 Å². The lowest BCUT2D eigenvalue weighted by atomic mass is 10.0. The Hall–Kier alpha value is -1.43. The fraction of sp³-hybridized carbons (Fsp3) is 0.562. The van der Waals surface area contributed by atoms with Crippen LogP contribution in [0.5, 0.6) is 0 Å². The second-order valence-corrected chi connectivity index (χ2v) is 6.32. The van der Waals surface area contributed by atoms with E-state index in [0.717, 1.165) is 24.4 Å². The zero-order chi connectivity index (χ0) is 14.8. The highest BCUT2D eigenvalue weighted by atomic mass is 16.4.